The largest absolute Gasteiger partial charge is 3.00 e. The Morgan fingerprint density at radius 3 is 1.12 bits per heavy atom. The van der Waals surface area contributed by atoms with Crippen LogP contribution >= 0.6 is 8.60 Å². The summed E-state index contributed by atoms with van der Waals surface area (Å²) in [6.07, 6.45) is 0. The molecule has 0 saturated heterocycles. The summed E-state index contributed by atoms with van der Waals surface area (Å²) >= 11 is 4.00. The van der Waals surface area contributed by atoms with Crippen LogP contribution in [-0.2, 0) is 0 Å². The van der Waals surface area contributed by atoms with Crippen LogP contribution in [0.3, 0.4) is 0 Å². The first-order valence-electron chi connectivity index (χ1n) is 0.806. The van der Waals surface area contributed by atoms with Gasteiger partial charge in [-0.25, -0.2) is 0 Å². The van der Waals surface area contributed by atoms with Gasteiger partial charge >= 0.3 is 55.0 Å². The molecule has 0 unspecified atom stereocenters. The first-order chi connectivity index (χ1) is 2.73. The van der Waals surface area contributed by atoms with Crippen molar-refractivity contribution < 1.29 is 14.7 Å². The molecule has 0 aromatic carbocycles. The van der Waals surface area contributed by atoms with Gasteiger partial charge in [0.05, 0.1) is 0 Å². The second kappa shape index (κ2) is 22.5. The topological polar surface area (TPSA) is 69.2 Å². The second-order valence-corrected chi connectivity index (χ2v) is 0.671. The molecule has 0 aliphatic rings. The Labute approximate surface area is 102 Å². The zero-order chi connectivity index (χ0) is 5.58. The van der Waals surface area contributed by atoms with Crippen LogP contribution in [0.25, 0.3) is 0 Å². The third-order valence-electron chi connectivity index (χ3n) is 0. The van der Waals surface area contributed by atoms with E-state index in [1.165, 1.54) is 0 Å². The van der Waals surface area contributed by atoms with E-state index in [0.29, 0.717) is 0 Å². The van der Waals surface area contributed by atoms with E-state index in [1.54, 1.807) is 15.6 Å². The Kier molecular flexibility index (Phi) is 63.1. The maximum atomic E-state index is 8.48. The number of rotatable bonds is 0. The van der Waals surface area contributed by atoms with Crippen molar-refractivity contribution in [3.8, 4) is 0 Å². The molecule has 0 aliphatic carbocycles. The van der Waals surface area contributed by atoms with Gasteiger partial charge in [0.1, 0.15) is 0 Å². The van der Waals surface area contributed by atoms with Crippen molar-refractivity contribution in [1.82, 2.24) is 0 Å². The van der Waals surface area contributed by atoms with E-state index in [0.717, 1.165) is 0 Å². The Hall–Kier alpha value is 3.25. The van der Waals surface area contributed by atoms with Gasteiger partial charge < -0.3 is 23.3 Å². The zero-order valence-electron chi connectivity index (χ0n) is 3.85. The maximum absolute atomic E-state index is 8.48. The van der Waals surface area contributed by atoms with Crippen molar-refractivity contribution in [2.45, 2.75) is 0 Å². The van der Waals surface area contributed by atoms with Gasteiger partial charge in [-0.3, -0.25) is 0 Å². The average molecular weight is 453 g/mol. The van der Waals surface area contributed by atoms with Crippen molar-refractivity contribution in [1.29, 1.82) is 0 Å². The monoisotopic (exact) mass is 453 g/mol. The summed E-state index contributed by atoms with van der Waals surface area (Å²) in [7, 11) is -3.37. The molecule has 8 heteroatoms. The van der Waals surface area contributed by atoms with Gasteiger partial charge in [-0.15, -0.1) is 0 Å². The van der Waals surface area contributed by atoms with Crippen molar-refractivity contribution in [3.05, 3.63) is 0 Å². The molecule has 0 heterocycles. The molecule has 3 nitrogen and oxygen atoms in total. The molecular formula is AsGaIn2O3P. The minimum atomic E-state index is -3.37. The Morgan fingerprint density at radius 1 is 1.12 bits per heavy atom. The molecule has 0 aliphatic heterocycles. The van der Waals surface area contributed by atoms with E-state index in [1.807, 2.05) is 0 Å². The first kappa shape index (κ1) is 22.5. The van der Waals surface area contributed by atoms with Crippen molar-refractivity contribution in [3.63, 3.8) is 0 Å². The molecule has 0 N–H and O–H groups in total. The summed E-state index contributed by atoms with van der Waals surface area (Å²) in [5, 5.41) is 0. The fraction of sp³-hybridized carbons (Fsp3) is 0. The molecule has 0 fully saturated rings. The van der Waals surface area contributed by atoms with Crippen LogP contribution in [0.1, 0.15) is 0 Å². The Morgan fingerprint density at radius 2 is 1.12 bits per heavy atom. The minimum Gasteiger partial charge on any atom is -0.854 e. The van der Waals surface area contributed by atoms with E-state index in [4.69, 9.17) is 14.7 Å². The fourth-order valence-electron chi connectivity index (χ4n) is 0. The standard InChI is InChI=1S/As.Ga.2In.O3P/c;;;;1-4(2)3/q;;;+3;-3. The van der Waals surface area contributed by atoms with Crippen LogP contribution in [0, 0.1) is 0 Å². The van der Waals surface area contributed by atoms with Gasteiger partial charge in [-0.2, -0.15) is 0 Å². The van der Waals surface area contributed by atoms with Crippen molar-refractivity contribution in [2.24, 2.45) is 0 Å². The van der Waals surface area contributed by atoms with Crippen LogP contribution in [0.4, 0.5) is 0 Å². The normalized spacial score (nSPS) is 5.12. The van der Waals surface area contributed by atoms with Gasteiger partial charge in [-0.1, -0.05) is 0 Å². The van der Waals surface area contributed by atoms with E-state index in [9.17, 15) is 0 Å². The zero-order valence-corrected chi connectivity index (χ0v) is 15.6. The van der Waals surface area contributed by atoms with Gasteiger partial charge in [0, 0.05) is 25.8 Å². The van der Waals surface area contributed by atoms with Crippen LogP contribution < -0.4 is 14.7 Å². The summed E-state index contributed by atoms with van der Waals surface area (Å²) in [6, 6.07) is 0. The van der Waals surface area contributed by atoms with Gasteiger partial charge in [-0.05, 0) is 0 Å². The summed E-state index contributed by atoms with van der Waals surface area (Å²) in [6.45, 7) is 0. The smallest absolute Gasteiger partial charge is 0.854 e. The van der Waals surface area contributed by atoms with Gasteiger partial charge in [0.25, 0.3) is 0 Å². The van der Waals surface area contributed by atoms with Crippen molar-refractivity contribution in [2.75, 3.05) is 0 Å². The molecule has 0 saturated carbocycles. The van der Waals surface area contributed by atoms with Crippen LogP contribution in [0.2, 0.25) is 0 Å². The minimum absolute atomic E-state index is 0. The second-order valence-electron chi connectivity index (χ2n) is 0.224. The Bertz CT molecular complexity index is 38.8. The molecule has 0 aromatic rings. The molecule has 37 valence electrons. The molecule has 0 spiro atoms. The summed E-state index contributed by atoms with van der Waals surface area (Å²) < 4.78 is 0. The quantitative estimate of drug-likeness (QED) is 0.276. The van der Waals surface area contributed by atoms with Gasteiger partial charge in [0.2, 0.25) is 0 Å². The molecule has 0 rings (SSSR count). The maximum Gasteiger partial charge on any atom is 3.00 e. The summed E-state index contributed by atoms with van der Waals surface area (Å²) in [5.41, 5.74) is 0. The molecule has 0 amide bonds. The van der Waals surface area contributed by atoms with Crippen LogP contribution in [-0.4, -0.2) is 80.8 Å². The molecule has 3 radical (unpaired) electrons. The predicted octanol–water partition coefficient (Wildman–Crippen LogP) is -4.23. The predicted molar refractivity (Wildman–Crippen MR) is 29.9 cm³/mol. The van der Waals surface area contributed by atoms with E-state index in [-0.39, 0.29) is 51.7 Å². The van der Waals surface area contributed by atoms with E-state index >= 15 is 0 Å². The average Bonchev–Trinajstić information content (AvgIpc) is 1.41. The van der Waals surface area contributed by atoms with Crippen molar-refractivity contribution >= 4 is 89.4 Å². The van der Waals surface area contributed by atoms with Gasteiger partial charge in [0.15, 0.2) is 0 Å². The summed E-state index contributed by atoms with van der Waals surface area (Å²) in [4.78, 5) is 25.4. The van der Waals surface area contributed by atoms with Crippen LogP contribution in [0.15, 0.2) is 0 Å². The molecule has 0 atom stereocenters. The molecule has 0 aromatic heterocycles. The first-order valence-corrected chi connectivity index (χ1v) is 8.61. The van der Waals surface area contributed by atoms with E-state index < -0.39 is 8.60 Å². The van der Waals surface area contributed by atoms with E-state index in [2.05, 4.69) is 13.6 Å². The Balaban J connectivity index is -0.0000000183. The number of hydrogen-bond donors (Lipinski definition) is 0. The summed E-state index contributed by atoms with van der Waals surface area (Å²) in [5.74, 6) is 0. The molecule has 8 heavy (non-hydrogen) atoms. The number of hydrogen-bond acceptors (Lipinski definition) is 3. The fourth-order valence-corrected chi connectivity index (χ4v) is 0. The third kappa shape index (κ3) is 59.7. The third-order valence-corrected chi connectivity index (χ3v) is 0. The SMILES string of the molecule is [Ga]#[As].[In+3].[In].[O-]P([O-])[O-]. The molecular weight excluding hydrogens is 453 g/mol. The molecule has 0 bridgehead atoms. The van der Waals surface area contributed by atoms with Crippen LogP contribution in [0.5, 0.6) is 0 Å².